The summed E-state index contributed by atoms with van der Waals surface area (Å²) in [5, 5.41) is 10.8. The first kappa shape index (κ1) is 17.5. The fraction of sp³-hybridized carbons (Fsp3) is 0.538. The number of nitro benzene ring substituents is 1. The maximum Gasteiger partial charge on any atom is 0.271 e. The van der Waals surface area contributed by atoms with Gasteiger partial charge < -0.3 is 4.74 Å². The predicted molar refractivity (Wildman–Crippen MR) is 78.9 cm³/mol. The van der Waals surface area contributed by atoms with Crippen molar-refractivity contribution >= 4 is 15.7 Å². The highest BCUT2D eigenvalue weighted by Gasteiger charge is 2.21. The lowest BCUT2D eigenvalue weighted by Gasteiger charge is -2.11. The number of ether oxygens (including phenoxy) is 1. The molecule has 0 aliphatic rings. The second kappa shape index (κ2) is 7.48. The Labute approximate surface area is 124 Å². The summed E-state index contributed by atoms with van der Waals surface area (Å²) in [6.07, 6.45) is 0.542. The molecule has 1 aromatic carbocycles. The normalized spacial score (nSPS) is 11.6. The van der Waals surface area contributed by atoms with Gasteiger partial charge in [-0.1, -0.05) is 0 Å². The Morgan fingerprint density at radius 2 is 2.00 bits per heavy atom. The molecule has 8 heteroatoms. The number of nitrogens with one attached hydrogen (secondary N) is 1. The van der Waals surface area contributed by atoms with E-state index in [1.54, 1.807) is 13.8 Å². The topological polar surface area (TPSA) is 98.5 Å². The summed E-state index contributed by atoms with van der Waals surface area (Å²) in [7, 11) is -3.77. The number of rotatable bonds is 8. The van der Waals surface area contributed by atoms with E-state index in [9.17, 15) is 18.5 Å². The SMILES string of the molecule is CCOCCCNS(=O)(=O)c1cc([N+](=O)[O-])cc(C)c1C. The summed E-state index contributed by atoms with van der Waals surface area (Å²) in [4.78, 5) is 10.2. The molecule has 0 amide bonds. The Morgan fingerprint density at radius 1 is 1.33 bits per heavy atom. The first-order valence-electron chi connectivity index (χ1n) is 6.62. The quantitative estimate of drug-likeness (QED) is 0.449. The zero-order valence-corrected chi connectivity index (χ0v) is 13.2. The molecule has 0 unspecified atom stereocenters. The Hall–Kier alpha value is -1.51. The highest BCUT2D eigenvalue weighted by atomic mass is 32.2. The largest absolute Gasteiger partial charge is 0.382 e. The molecule has 0 saturated heterocycles. The zero-order chi connectivity index (χ0) is 16.0. The van der Waals surface area contributed by atoms with Crippen LogP contribution < -0.4 is 4.72 Å². The summed E-state index contributed by atoms with van der Waals surface area (Å²) in [5.41, 5.74) is 0.851. The van der Waals surface area contributed by atoms with Crippen molar-refractivity contribution in [2.45, 2.75) is 32.1 Å². The number of hydrogen-bond donors (Lipinski definition) is 1. The first-order valence-corrected chi connectivity index (χ1v) is 8.11. The van der Waals surface area contributed by atoms with Crippen molar-refractivity contribution < 1.29 is 18.1 Å². The van der Waals surface area contributed by atoms with E-state index in [0.29, 0.717) is 30.8 Å². The molecular weight excluding hydrogens is 296 g/mol. The molecule has 0 aliphatic carbocycles. The molecule has 0 heterocycles. The van der Waals surface area contributed by atoms with Gasteiger partial charge in [-0.25, -0.2) is 13.1 Å². The lowest BCUT2D eigenvalue weighted by molar-refractivity contribution is -0.385. The average Bonchev–Trinajstić information content (AvgIpc) is 2.40. The smallest absolute Gasteiger partial charge is 0.271 e. The van der Waals surface area contributed by atoms with Crippen LogP contribution in [0.2, 0.25) is 0 Å². The van der Waals surface area contributed by atoms with Crippen molar-refractivity contribution in [3.8, 4) is 0 Å². The Kier molecular flexibility index (Phi) is 6.25. The van der Waals surface area contributed by atoms with E-state index in [1.165, 1.54) is 6.07 Å². The summed E-state index contributed by atoms with van der Waals surface area (Å²) >= 11 is 0. The number of nitro groups is 1. The van der Waals surface area contributed by atoms with Crippen LogP contribution >= 0.6 is 0 Å². The molecule has 0 aromatic heterocycles. The summed E-state index contributed by atoms with van der Waals surface area (Å²) < 4.78 is 32.0. The van der Waals surface area contributed by atoms with Gasteiger partial charge in [-0.05, 0) is 38.3 Å². The van der Waals surface area contributed by atoms with Crippen LogP contribution in [0.4, 0.5) is 5.69 Å². The molecule has 0 radical (unpaired) electrons. The lowest BCUT2D eigenvalue weighted by Crippen LogP contribution is -2.26. The first-order chi connectivity index (χ1) is 9.79. The molecule has 0 saturated carbocycles. The van der Waals surface area contributed by atoms with Crippen molar-refractivity contribution in [2.24, 2.45) is 0 Å². The standard InChI is InChI=1S/C13H20N2O5S/c1-4-20-7-5-6-14-21(18,19)13-9-12(15(16)17)8-10(2)11(13)3/h8-9,14H,4-7H2,1-3H3. The minimum absolute atomic E-state index is 0.0504. The van der Waals surface area contributed by atoms with Gasteiger partial charge in [-0.2, -0.15) is 0 Å². The van der Waals surface area contributed by atoms with Crippen LogP contribution in [0.1, 0.15) is 24.5 Å². The molecule has 118 valence electrons. The molecule has 0 bridgehead atoms. The number of non-ortho nitro benzene ring substituents is 1. The molecule has 1 rings (SSSR count). The van der Waals surface area contributed by atoms with Gasteiger partial charge in [0.25, 0.3) is 5.69 Å². The predicted octanol–water partition coefficient (Wildman–Crippen LogP) is 1.92. The van der Waals surface area contributed by atoms with Crippen LogP contribution in [0.25, 0.3) is 0 Å². The van der Waals surface area contributed by atoms with Gasteiger partial charge in [0.2, 0.25) is 10.0 Å². The molecule has 7 nitrogen and oxygen atoms in total. The van der Waals surface area contributed by atoms with Crippen molar-refractivity contribution in [3.63, 3.8) is 0 Å². The molecule has 0 aliphatic heterocycles. The zero-order valence-electron chi connectivity index (χ0n) is 12.4. The van der Waals surface area contributed by atoms with Gasteiger partial charge in [0.15, 0.2) is 0 Å². The number of hydrogen-bond acceptors (Lipinski definition) is 5. The van der Waals surface area contributed by atoms with E-state index in [0.717, 1.165) is 6.07 Å². The number of aryl methyl sites for hydroxylation is 1. The van der Waals surface area contributed by atoms with Crippen LogP contribution in [0.5, 0.6) is 0 Å². The van der Waals surface area contributed by atoms with Gasteiger partial charge in [0, 0.05) is 31.9 Å². The highest BCUT2D eigenvalue weighted by molar-refractivity contribution is 7.89. The van der Waals surface area contributed by atoms with E-state index < -0.39 is 14.9 Å². The van der Waals surface area contributed by atoms with E-state index >= 15 is 0 Å². The second-order valence-corrected chi connectivity index (χ2v) is 6.33. The minimum Gasteiger partial charge on any atom is -0.382 e. The molecular formula is C13H20N2O5S. The highest BCUT2D eigenvalue weighted by Crippen LogP contribution is 2.25. The summed E-state index contributed by atoms with van der Waals surface area (Å²) in [5.74, 6) is 0. The Bertz CT molecular complexity index is 613. The van der Waals surface area contributed by atoms with Gasteiger partial charge >= 0.3 is 0 Å². The van der Waals surface area contributed by atoms with E-state index in [2.05, 4.69) is 4.72 Å². The third-order valence-electron chi connectivity index (χ3n) is 3.07. The molecule has 21 heavy (non-hydrogen) atoms. The Morgan fingerprint density at radius 3 is 2.57 bits per heavy atom. The van der Waals surface area contributed by atoms with Crippen molar-refractivity contribution in [1.29, 1.82) is 0 Å². The average molecular weight is 316 g/mol. The molecule has 0 atom stereocenters. The monoisotopic (exact) mass is 316 g/mol. The van der Waals surface area contributed by atoms with E-state index in [-0.39, 0.29) is 17.1 Å². The fourth-order valence-corrected chi connectivity index (χ4v) is 3.20. The number of nitrogens with zero attached hydrogens (tertiary/aromatic N) is 1. The Balaban J connectivity index is 2.94. The maximum absolute atomic E-state index is 12.2. The van der Waals surface area contributed by atoms with Crippen molar-refractivity contribution in [1.82, 2.24) is 4.72 Å². The molecule has 1 N–H and O–H groups in total. The van der Waals surface area contributed by atoms with Crippen LogP contribution in [-0.2, 0) is 14.8 Å². The summed E-state index contributed by atoms with van der Waals surface area (Å²) in [6.45, 7) is 6.41. The fourth-order valence-electron chi connectivity index (χ4n) is 1.80. The maximum atomic E-state index is 12.2. The minimum atomic E-state index is -3.77. The van der Waals surface area contributed by atoms with Crippen LogP contribution in [-0.4, -0.2) is 33.1 Å². The third kappa shape index (κ3) is 4.76. The van der Waals surface area contributed by atoms with Crippen LogP contribution in [0.3, 0.4) is 0 Å². The third-order valence-corrected chi connectivity index (χ3v) is 4.65. The van der Waals surface area contributed by atoms with Crippen molar-refractivity contribution in [3.05, 3.63) is 33.4 Å². The van der Waals surface area contributed by atoms with Crippen LogP contribution in [0, 0.1) is 24.0 Å². The van der Waals surface area contributed by atoms with Gasteiger partial charge in [-0.3, -0.25) is 10.1 Å². The van der Waals surface area contributed by atoms with Crippen LogP contribution in [0.15, 0.2) is 17.0 Å². The van der Waals surface area contributed by atoms with Crippen molar-refractivity contribution in [2.75, 3.05) is 19.8 Å². The lowest BCUT2D eigenvalue weighted by atomic mass is 10.1. The number of benzene rings is 1. The van der Waals surface area contributed by atoms with E-state index in [1.807, 2.05) is 6.92 Å². The summed E-state index contributed by atoms with van der Waals surface area (Å²) in [6, 6.07) is 2.46. The molecule has 1 aromatic rings. The second-order valence-electron chi connectivity index (χ2n) is 4.59. The van der Waals surface area contributed by atoms with Gasteiger partial charge in [0.1, 0.15) is 0 Å². The van der Waals surface area contributed by atoms with Gasteiger partial charge in [0.05, 0.1) is 9.82 Å². The number of sulfonamides is 1. The van der Waals surface area contributed by atoms with E-state index in [4.69, 9.17) is 4.74 Å². The molecule has 0 fully saturated rings. The van der Waals surface area contributed by atoms with Gasteiger partial charge in [-0.15, -0.1) is 0 Å². The molecule has 0 spiro atoms.